The fourth-order valence-corrected chi connectivity index (χ4v) is 3.70. The molecule has 0 radical (unpaired) electrons. The number of carbonyl (C=O) groups excluding carboxylic acids is 2. The van der Waals surface area contributed by atoms with Gasteiger partial charge in [-0.1, -0.05) is 0 Å². The van der Waals surface area contributed by atoms with Crippen molar-refractivity contribution in [1.29, 1.82) is 0 Å². The van der Waals surface area contributed by atoms with Crippen LogP contribution in [0.3, 0.4) is 0 Å². The van der Waals surface area contributed by atoms with Gasteiger partial charge >= 0.3 is 6.09 Å². The summed E-state index contributed by atoms with van der Waals surface area (Å²) in [4.78, 5) is 40.4. The van der Waals surface area contributed by atoms with E-state index in [0.717, 1.165) is 0 Å². The van der Waals surface area contributed by atoms with Gasteiger partial charge in [-0.2, -0.15) is 15.0 Å². The van der Waals surface area contributed by atoms with E-state index in [-0.39, 0.29) is 30.9 Å². The maximum absolute atomic E-state index is 14.9. The second-order valence-electron chi connectivity index (χ2n) is 7.52. The molecule has 0 unspecified atom stereocenters. The molecule has 2 aliphatic heterocycles. The molecule has 4 rings (SSSR count). The van der Waals surface area contributed by atoms with Crippen molar-refractivity contribution in [3.63, 3.8) is 0 Å². The molecule has 3 heterocycles. The Labute approximate surface area is 183 Å². The Morgan fingerprint density at radius 2 is 1.81 bits per heavy atom. The normalized spacial score (nSPS) is 18.6. The number of nitrogen functional groups attached to an aromatic ring is 2. The largest absolute Gasteiger partial charge is 0.442 e. The van der Waals surface area contributed by atoms with Gasteiger partial charge in [-0.15, -0.1) is 0 Å². The summed E-state index contributed by atoms with van der Waals surface area (Å²) in [5.41, 5.74) is 12.1. The molecule has 0 bridgehead atoms. The van der Waals surface area contributed by atoms with Crippen LogP contribution in [-0.4, -0.2) is 72.3 Å². The van der Waals surface area contributed by atoms with E-state index in [0.29, 0.717) is 43.5 Å². The van der Waals surface area contributed by atoms with Gasteiger partial charge in [-0.05, 0) is 18.2 Å². The predicted molar refractivity (Wildman–Crippen MR) is 116 cm³/mol. The summed E-state index contributed by atoms with van der Waals surface area (Å²) in [5, 5.41) is 2.61. The molecule has 2 aromatic rings. The van der Waals surface area contributed by atoms with Gasteiger partial charge in [-0.25, -0.2) is 9.18 Å². The highest BCUT2D eigenvalue weighted by molar-refractivity contribution is 5.90. The fourth-order valence-electron chi connectivity index (χ4n) is 3.70. The third-order valence-electron chi connectivity index (χ3n) is 5.26. The van der Waals surface area contributed by atoms with Crippen molar-refractivity contribution in [2.24, 2.45) is 0 Å². The minimum absolute atomic E-state index is 0.0521. The van der Waals surface area contributed by atoms with Crippen LogP contribution in [-0.2, 0) is 9.53 Å². The molecule has 32 heavy (non-hydrogen) atoms. The van der Waals surface area contributed by atoms with E-state index in [2.05, 4.69) is 20.3 Å². The highest BCUT2D eigenvalue weighted by atomic mass is 19.1. The quantitative estimate of drug-likeness (QED) is 0.571. The molecule has 1 aromatic heterocycles. The Morgan fingerprint density at radius 1 is 1.16 bits per heavy atom. The standard InChI is InChI=1S/C19H24FN9O3/c1-11(30)23-9-13-10-29(19(31)32-13)12-2-3-15(14(20)8-12)27-4-6-28(7-5-27)18-25-16(21)24-17(22)26-18/h2-3,8,13H,4-7,9-10H2,1H3,(H,23,30)(H4,21,22,24,25,26)/t13-/m0/s1. The Morgan fingerprint density at radius 3 is 2.44 bits per heavy atom. The fraction of sp³-hybridized carbons (Fsp3) is 0.421. The number of nitrogens with zero attached hydrogens (tertiary/aromatic N) is 6. The second kappa shape index (κ2) is 8.69. The van der Waals surface area contributed by atoms with E-state index in [9.17, 15) is 14.0 Å². The van der Waals surface area contributed by atoms with E-state index in [1.165, 1.54) is 17.9 Å². The minimum atomic E-state index is -0.572. The first-order valence-corrected chi connectivity index (χ1v) is 10.1. The number of ether oxygens (including phenoxy) is 1. The molecule has 2 saturated heterocycles. The molecule has 170 valence electrons. The summed E-state index contributed by atoms with van der Waals surface area (Å²) < 4.78 is 20.2. The van der Waals surface area contributed by atoms with Crippen LogP contribution >= 0.6 is 0 Å². The number of hydrogen-bond donors (Lipinski definition) is 3. The zero-order chi connectivity index (χ0) is 22.8. The lowest BCUT2D eigenvalue weighted by molar-refractivity contribution is -0.119. The number of carbonyl (C=O) groups is 2. The predicted octanol–water partition coefficient (Wildman–Crippen LogP) is -0.0370. The van der Waals surface area contributed by atoms with Gasteiger partial charge < -0.3 is 31.3 Å². The number of nitrogens with two attached hydrogens (primary N) is 2. The number of rotatable bonds is 5. The Bertz CT molecular complexity index is 1010. The van der Waals surface area contributed by atoms with E-state index in [4.69, 9.17) is 16.2 Å². The number of aromatic nitrogens is 3. The van der Waals surface area contributed by atoms with Crippen LogP contribution < -0.4 is 31.5 Å². The van der Waals surface area contributed by atoms with Crippen molar-refractivity contribution >= 4 is 41.2 Å². The van der Waals surface area contributed by atoms with Gasteiger partial charge in [0.1, 0.15) is 11.9 Å². The number of benzene rings is 1. The first-order chi connectivity index (χ1) is 15.3. The van der Waals surface area contributed by atoms with Crippen LogP contribution in [0.4, 0.5) is 38.4 Å². The van der Waals surface area contributed by atoms with E-state index < -0.39 is 18.0 Å². The second-order valence-corrected chi connectivity index (χ2v) is 7.52. The van der Waals surface area contributed by atoms with Crippen LogP contribution in [0.25, 0.3) is 0 Å². The molecule has 2 fully saturated rings. The van der Waals surface area contributed by atoms with Crippen molar-refractivity contribution in [2.75, 3.05) is 65.4 Å². The molecule has 0 aliphatic carbocycles. The van der Waals surface area contributed by atoms with Crippen LogP contribution in [0.5, 0.6) is 0 Å². The third-order valence-corrected chi connectivity index (χ3v) is 5.26. The van der Waals surface area contributed by atoms with E-state index >= 15 is 0 Å². The smallest absolute Gasteiger partial charge is 0.414 e. The van der Waals surface area contributed by atoms with E-state index in [1.807, 2.05) is 9.80 Å². The highest BCUT2D eigenvalue weighted by Crippen LogP contribution is 2.29. The van der Waals surface area contributed by atoms with Gasteiger partial charge in [0, 0.05) is 33.1 Å². The van der Waals surface area contributed by atoms with E-state index in [1.54, 1.807) is 12.1 Å². The van der Waals surface area contributed by atoms with Crippen molar-refractivity contribution in [3.8, 4) is 0 Å². The number of nitrogens with one attached hydrogen (secondary N) is 1. The van der Waals surface area contributed by atoms with Crippen LogP contribution in [0.1, 0.15) is 6.92 Å². The monoisotopic (exact) mass is 445 g/mol. The average molecular weight is 445 g/mol. The summed E-state index contributed by atoms with van der Waals surface area (Å²) >= 11 is 0. The topological polar surface area (TPSA) is 156 Å². The summed E-state index contributed by atoms with van der Waals surface area (Å²) in [6, 6.07) is 4.64. The van der Waals surface area contributed by atoms with Crippen LogP contribution in [0.2, 0.25) is 0 Å². The Balaban J connectivity index is 1.40. The molecular formula is C19H24FN9O3. The molecule has 0 spiro atoms. The number of hydrogen-bond acceptors (Lipinski definition) is 10. The summed E-state index contributed by atoms with van der Waals surface area (Å²) in [6.07, 6.45) is -1.06. The Kier molecular flexibility index (Phi) is 5.79. The zero-order valence-electron chi connectivity index (χ0n) is 17.5. The first-order valence-electron chi connectivity index (χ1n) is 10.1. The average Bonchev–Trinajstić information content (AvgIpc) is 3.12. The lowest BCUT2D eigenvalue weighted by Gasteiger charge is -2.36. The number of amides is 2. The number of piperazine rings is 1. The molecule has 2 amide bonds. The zero-order valence-corrected chi connectivity index (χ0v) is 17.5. The molecule has 13 heteroatoms. The third kappa shape index (κ3) is 4.55. The van der Waals surface area contributed by atoms with Gasteiger partial charge in [0.05, 0.1) is 24.5 Å². The maximum Gasteiger partial charge on any atom is 0.414 e. The lowest BCUT2D eigenvalue weighted by atomic mass is 10.2. The van der Waals surface area contributed by atoms with Crippen molar-refractivity contribution < 1.29 is 18.7 Å². The van der Waals surface area contributed by atoms with Gasteiger partial charge in [-0.3, -0.25) is 9.69 Å². The number of anilines is 5. The molecule has 1 aromatic carbocycles. The van der Waals surface area contributed by atoms with Crippen molar-refractivity contribution in [2.45, 2.75) is 13.0 Å². The molecular weight excluding hydrogens is 421 g/mol. The van der Waals surface area contributed by atoms with Crippen LogP contribution in [0.15, 0.2) is 18.2 Å². The van der Waals surface area contributed by atoms with Crippen molar-refractivity contribution in [3.05, 3.63) is 24.0 Å². The lowest BCUT2D eigenvalue weighted by Crippen LogP contribution is -2.47. The van der Waals surface area contributed by atoms with Gasteiger partial charge in [0.25, 0.3) is 0 Å². The minimum Gasteiger partial charge on any atom is -0.442 e. The summed E-state index contributed by atoms with van der Waals surface area (Å²) in [5.74, 6) is -0.153. The maximum atomic E-state index is 14.9. The molecule has 1 atom stereocenters. The first kappa shape index (κ1) is 21.3. The summed E-state index contributed by atoms with van der Waals surface area (Å²) in [7, 11) is 0. The number of cyclic esters (lactones) is 1. The SMILES string of the molecule is CC(=O)NC[C@H]1CN(c2ccc(N3CCN(c4nc(N)nc(N)n4)CC3)c(F)c2)C(=O)O1. The van der Waals surface area contributed by atoms with Crippen molar-refractivity contribution in [1.82, 2.24) is 20.3 Å². The van der Waals surface area contributed by atoms with Gasteiger partial charge in [0.15, 0.2) is 0 Å². The Hall–Kier alpha value is -3.90. The van der Waals surface area contributed by atoms with Crippen LogP contribution in [0, 0.1) is 5.82 Å². The molecule has 12 nitrogen and oxygen atoms in total. The highest BCUT2D eigenvalue weighted by Gasteiger charge is 2.33. The van der Waals surface area contributed by atoms with Gasteiger partial charge in [0.2, 0.25) is 23.8 Å². The molecule has 5 N–H and O–H groups in total. The molecule has 2 aliphatic rings. The number of halogens is 1. The summed E-state index contributed by atoms with van der Waals surface area (Å²) in [6.45, 7) is 3.99. The molecule has 0 saturated carbocycles.